The zero-order chi connectivity index (χ0) is 8.55. The molecule has 1 aromatic rings. The highest BCUT2D eigenvalue weighted by Gasteiger charge is 2.17. The summed E-state index contributed by atoms with van der Waals surface area (Å²) in [5.41, 5.74) is 6.39. The van der Waals surface area contributed by atoms with Gasteiger partial charge in [-0.25, -0.2) is 4.98 Å². The number of nitrogens with one attached hydrogen (secondary N) is 1. The number of nitrogens with zero attached hydrogens (tertiary/aromatic N) is 2. The molecule has 1 aliphatic heterocycles. The number of fused-ring (bicyclic) bond motifs is 1. The van der Waals surface area contributed by atoms with Crippen molar-refractivity contribution in [1.82, 2.24) is 14.9 Å². The van der Waals surface area contributed by atoms with Gasteiger partial charge >= 0.3 is 0 Å². The van der Waals surface area contributed by atoms with E-state index in [-0.39, 0.29) is 5.91 Å². The van der Waals surface area contributed by atoms with Crippen molar-refractivity contribution >= 4 is 5.91 Å². The standard InChI is InChI=1S/C7H10N4O/c8-1-5-2-9-6-3-10-7(12)4-11(5)6/h2H,1,3-4,8H2,(H,10,12). The van der Waals surface area contributed by atoms with Crippen molar-refractivity contribution in [2.24, 2.45) is 5.73 Å². The highest BCUT2D eigenvalue weighted by Crippen LogP contribution is 2.07. The molecule has 0 radical (unpaired) electrons. The minimum Gasteiger partial charge on any atom is -0.347 e. The zero-order valence-electron chi connectivity index (χ0n) is 6.58. The molecule has 1 aromatic heterocycles. The Hall–Kier alpha value is -1.36. The van der Waals surface area contributed by atoms with Gasteiger partial charge in [0.25, 0.3) is 0 Å². The third-order valence-electron chi connectivity index (χ3n) is 1.98. The first kappa shape index (κ1) is 7.30. The largest absolute Gasteiger partial charge is 0.347 e. The van der Waals surface area contributed by atoms with Crippen LogP contribution in [0, 0.1) is 0 Å². The van der Waals surface area contributed by atoms with Gasteiger partial charge in [-0.3, -0.25) is 4.79 Å². The lowest BCUT2D eigenvalue weighted by Gasteiger charge is -2.16. The van der Waals surface area contributed by atoms with Crippen LogP contribution in [0.1, 0.15) is 11.5 Å². The minimum absolute atomic E-state index is 0.0233. The van der Waals surface area contributed by atoms with Gasteiger partial charge in [0.2, 0.25) is 5.91 Å². The molecule has 0 bridgehead atoms. The summed E-state index contributed by atoms with van der Waals surface area (Å²) in [5, 5.41) is 2.71. The lowest BCUT2D eigenvalue weighted by atomic mass is 10.4. The van der Waals surface area contributed by atoms with Gasteiger partial charge in [0.1, 0.15) is 12.4 Å². The number of hydrogen-bond donors (Lipinski definition) is 2. The molecule has 0 aliphatic carbocycles. The van der Waals surface area contributed by atoms with Gasteiger partial charge in [0, 0.05) is 12.7 Å². The van der Waals surface area contributed by atoms with Gasteiger partial charge in [-0.2, -0.15) is 0 Å². The maximum Gasteiger partial charge on any atom is 0.240 e. The number of hydrogen-bond acceptors (Lipinski definition) is 3. The fourth-order valence-corrected chi connectivity index (χ4v) is 1.33. The van der Waals surface area contributed by atoms with Crippen molar-refractivity contribution in [3.8, 4) is 0 Å². The number of rotatable bonds is 1. The molecule has 0 atom stereocenters. The van der Waals surface area contributed by atoms with Crippen LogP contribution >= 0.6 is 0 Å². The summed E-state index contributed by atoms with van der Waals surface area (Å²) in [7, 11) is 0. The molecule has 0 fully saturated rings. The van der Waals surface area contributed by atoms with Gasteiger partial charge in [0.05, 0.1) is 12.2 Å². The van der Waals surface area contributed by atoms with Crippen LogP contribution in [0.5, 0.6) is 0 Å². The number of aromatic nitrogens is 2. The summed E-state index contributed by atoms with van der Waals surface area (Å²) >= 11 is 0. The van der Waals surface area contributed by atoms with Crippen LogP contribution < -0.4 is 11.1 Å². The second-order valence-electron chi connectivity index (χ2n) is 2.73. The molecule has 0 aromatic carbocycles. The lowest BCUT2D eigenvalue weighted by molar-refractivity contribution is -0.122. The van der Waals surface area contributed by atoms with Gasteiger partial charge in [0.15, 0.2) is 0 Å². The van der Waals surface area contributed by atoms with E-state index in [0.29, 0.717) is 19.6 Å². The van der Waals surface area contributed by atoms with Crippen LogP contribution in [0.4, 0.5) is 0 Å². The molecule has 0 unspecified atom stereocenters. The average molecular weight is 166 g/mol. The highest BCUT2D eigenvalue weighted by molar-refractivity contribution is 5.76. The van der Waals surface area contributed by atoms with Crippen LogP contribution in [0.15, 0.2) is 6.20 Å². The van der Waals surface area contributed by atoms with E-state index in [1.54, 1.807) is 6.20 Å². The third kappa shape index (κ3) is 0.984. The number of imidazole rings is 1. The van der Waals surface area contributed by atoms with Gasteiger partial charge in [-0.15, -0.1) is 0 Å². The van der Waals surface area contributed by atoms with E-state index >= 15 is 0 Å². The zero-order valence-corrected chi connectivity index (χ0v) is 6.58. The first-order valence-electron chi connectivity index (χ1n) is 3.81. The van der Waals surface area contributed by atoms with E-state index < -0.39 is 0 Å². The fourth-order valence-electron chi connectivity index (χ4n) is 1.33. The quantitative estimate of drug-likeness (QED) is 0.560. The molecule has 3 N–H and O–H groups in total. The lowest BCUT2D eigenvalue weighted by Crippen LogP contribution is -2.35. The Labute approximate surface area is 69.6 Å². The Bertz CT molecular complexity index is 304. The number of carbonyl (C=O) groups excluding carboxylic acids is 1. The smallest absolute Gasteiger partial charge is 0.240 e. The first-order valence-corrected chi connectivity index (χ1v) is 3.81. The summed E-state index contributed by atoms with van der Waals surface area (Å²) < 4.78 is 1.86. The summed E-state index contributed by atoms with van der Waals surface area (Å²) in [6.45, 7) is 1.29. The Morgan fingerprint density at radius 2 is 2.58 bits per heavy atom. The van der Waals surface area contributed by atoms with Crippen LogP contribution in [-0.2, 0) is 24.4 Å². The topological polar surface area (TPSA) is 72.9 Å². The molecular weight excluding hydrogens is 156 g/mol. The van der Waals surface area contributed by atoms with Gasteiger partial charge < -0.3 is 15.6 Å². The van der Waals surface area contributed by atoms with E-state index in [1.807, 2.05) is 4.57 Å². The van der Waals surface area contributed by atoms with E-state index in [0.717, 1.165) is 11.5 Å². The van der Waals surface area contributed by atoms with Crippen molar-refractivity contribution in [3.05, 3.63) is 17.7 Å². The van der Waals surface area contributed by atoms with Crippen molar-refractivity contribution in [2.75, 3.05) is 0 Å². The Balaban J connectivity index is 2.40. The molecule has 2 heterocycles. The predicted octanol–water partition coefficient (Wildman–Crippen LogP) is -1.03. The third-order valence-corrected chi connectivity index (χ3v) is 1.98. The molecule has 12 heavy (non-hydrogen) atoms. The van der Waals surface area contributed by atoms with Crippen molar-refractivity contribution in [1.29, 1.82) is 0 Å². The molecule has 1 amide bonds. The number of nitrogens with two attached hydrogens (primary N) is 1. The second-order valence-corrected chi connectivity index (χ2v) is 2.73. The van der Waals surface area contributed by atoms with Crippen molar-refractivity contribution in [2.45, 2.75) is 19.6 Å². The normalized spacial score (nSPS) is 15.6. The predicted molar refractivity (Wildman–Crippen MR) is 42.0 cm³/mol. The summed E-state index contributed by atoms with van der Waals surface area (Å²) in [5.74, 6) is 0.908. The van der Waals surface area contributed by atoms with Crippen LogP contribution in [-0.4, -0.2) is 15.5 Å². The Morgan fingerprint density at radius 1 is 1.75 bits per heavy atom. The minimum atomic E-state index is 0.0233. The Morgan fingerprint density at radius 3 is 3.33 bits per heavy atom. The Kier molecular flexibility index (Phi) is 1.58. The summed E-state index contributed by atoms with van der Waals surface area (Å²) in [4.78, 5) is 15.1. The van der Waals surface area contributed by atoms with Crippen molar-refractivity contribution in [3.63, 3.8) is 0 Å². The SMILES string of the molecule is NCc1cnc2n1CC(=O)NC2. The molecule has 1 aliphatic rings. The molecule has 2 rings (SSSR count). The molecule has 0 saturated carbocycles. The van der Waals surface area contributed by atoms with E-state index in [4.69, 9.17) is 5.73 Å². The van der Waals surface area contributed by atoms with E-state index in [9.17, 15) is 4.79 Å². The molecule has 0 spiro atoms. The van der Waals surface area contributed by atoms with Gasteiger partial charge in [-0.1, -0.05) is 0 Å². The molecule has 0 saturated heterocycles. The molecular formula is C7H10N4O. The second kappa shape index (κ2) is 2.60. The highest BCUT2D eigenvalue weighted by atomic mass is 16.2. The van der Waals surface area contributed by atoms with Crippen LogP contribution in [0.25, 0.3) is 0 Å². The molecule has 64 valence electrons. The maximum absolute atomic E-state index is 11.0. The van der Waals surface area contributed by atoms with Crippen LogP contribution in [0.3, 0.4) is 0 Å². The summed E-state index contributed by atoms with van der Waals surface area (Å²) in [6, 6.07) is 0. The number of amides is 1. The van der Waals surface area contributed by atoms with E-state index in [1.165, 1.54) is 0 Å². The molecule has 5 nitrogen and oxygen atoms in total. The monoisotopic (exact) mass is 166 g/mol. The van der Waals surface area contributed by atoms with E-state index in [2.05, 4.69) is 10.3 Å². The maximum atomic E-state index is 11.0. The first-order chi connectivity index (χ1) is 5.81. The van der Waals surface area contributed by atoms with Crippen LogP contribution in [0.2, 0.25) is 0 Å². The van der Waals surface area contributed by atoms with Crippen molar-refractivity contribution < 1.29 is 4.79 Å². The summed E-state index contributed by atoms with van der Waals surface area (Å²) in [6.07, 6.45) is 1.72. The average Bonchev–Trinajstić information content (AvgIpc) is 2.46. The molecule has 5 heteroatoms. The van der Waals surface area contributed by atoms with Gasteiger partial charge in [-0.05, 0) is 0 Å². The number of carbonyl (C=O) groups is 1. The fraction of sp³-hybridized carbons (Fsp3) is 0.429.